The van der Waals surface area contributed by atoms with E-state index in [1.807, 2.05) is 6.92 Å². The molecule has 0 aromatic carbocycles. The van der Waals surface area contributed by atoms with Crippen molar-refractivity contribution in [2.75, 3.05) is 13.7 Å². The Hall–Kier alpha value is 0.884. The van der Waals surface area contributed by atoms with Crippen molar-refractivity contribution >= 4 is 14.9 Å². The molecular formula is C8H22NO4PY. The average molecular weight is 316 g/mol. The van der Waals surface area contributed by atoms with Crippen LogP contribution < -0.4 is 5.73 Å². The van der Waals surface area contributed by atoms with Gasteiger partial charge in [0, 0.05) is 46.4 Å². The van der Waals surface area contributed by atoms with Crippen LogP contribution in [0, 0.1) is 0 Å². The van der Waals surface area contributed by atoms with E-state index >= 15 is 0 Å². The molecule has 0 fully saturated rings. The van der Waals surface area contributed by atoms with Gasteiger partial charge in [-0.2, -0.15) is 0 Å². The number of primary amides is 1. The zero-order chi connectivity index (χ0) is 12.0. The van der Waals surface area contributed by atoms with Gasteiger partial charge in [0.1, 0.15) is 0 Å². The molecule has 0 aliphatic heterocycles. The first-order chi connectivity index (χ1) is 6.54. The van der Waals surface area contributed by atoms with Gasteiger partial charge in [0.25, 0.3) is 0 Å². The van der Waals surface area contributed by atoms with Crippen LogP contribution in [0.25, 0.3) is 0 Å². The minimum Gasteiger partial charge on any atom is -0.400 e. The van der Waals surface area contributed by atoms with E-state index in [1.165, 1.54) is 0 Å². The van der Waals surface area contributed by atoms with Gasteiger partial charge in [0.05, 0.1) is 6.10 Å². The standard InChI is InChI=1S/C6H14O2.CH4NOP.CH4O.Y/c1-2-3-6(8)4-5-7;2-1(3)4;1-2;/h6-8H,2-5H2,1H3;4H2,(H2,2,3);2H,1H3;. The van der Waals surface area contributed by atoms with Gasteiger partial charge in [0.15, 0.2) is 0 Å². The van der Waals surface area contributed by atoms with Crippen molar-refractivity contribution < 1.29 is 52.8 Å². The van der Waals surface area contributed by atoms with E-state index < -0.39 is 5.65 Å². The van der Waals surface area contributed by atoms with Crippen LogP contribution in [0.4, 0.5) is 4.79 Å². The number of hydrogen-bond donors (Lipinski definition) is 4. The number of aliphatic hydroxyl groups is 3. The normalized spacial score (nSPS) is 9.47. The van der Waals surface area contributed by atoms with E-state index in [0.29, 0.717) is 6.42 Å². The summed E-state index contributed by atoms with van der Waals surface area (Å²) >= 11 is 0. The van der Waals surface area contributed by atoms with Crippen molar-refractivity contribution in [1.29, 1.82) is 0 Å². The Labute approximate surface area is 119 Å². The minimum atomic E-state index is -0.417. The maximum Gasteiger partial charge on any atom is 0.232 e. The van der Waals surface area contributed by atoms with Crippen LogP contribution in [0.3, 0.4) is 0 Å². The molecule has 15 heavy (non-hydrogen) atoms. The molecular weight excluding hydrogens is 294 g/mol. The molecule has 2 atom stereocenters. The third-order valence-corrected chi connectivity index (χ3v) is 1.08. The van der Waals surface area contributed by atoms with Crippen LogP contribution in [0.15, 0.2) is 0 Å². The summed E-state index contributed by atoms with van der Waals surface area (Å²) in [5, 5.41) is 24.2. The summed E-state index contributed by atoms with van der Waals surface area (Å²) in [7, 11) is 2.80. The second-order valence-corrected chi connectivity index (χ2v) is 2.93. The van der Waals surface area contributed by atoms with E-state index in [4.69, 9.17) is 15.3 Å². The van der Waals surface area contributed by atoms with Crippen LogP contribution in [0.1, 0.15) is 26.2 Å². The van der Waals surface area contributed by atoms with Crippen LogP contribution >= 0.6 is 9.24 Å². The predicted molar refractivity (Wildman–Crippen MR) is 60.1 cm³/mol. The molecule has 1 amide bonds. The largest absolute Gasteiger partial charge is 0.400 e. The topological polar surface area (TPSA) is 104 Å². The van der Waals surface area contributed by atoms with E-state index in [0.717, 1.165) is 20.0 Å². The number of rotatable bonds is 4. The second-order valence-electron chi connectivity index (χ2n) is 2.36. The number of carbonyl (C=O) groups is 1. The Balaban J connectivity index is -0.0000000742. The van der Waals surface area contributed by atoms with Crippen LogP contribution in [-0.2, 0) is 32.7 Å². The smallest absolute Gasteiger partial charge is 0.232 e. The van der Waals surface area contributed by atoms with Gasteiger partial charge in [-0.1, -0.05) is 13.3 Å². The van der Waals surface area contributed by atoms with E-state index in [1.54, 1.807) is 9.24 Å². The Morgan fingerprint density at radius 3 is 1.93 bits per heavy atom. The number of hydrogen-bond acceptors (Lipinski definition) is 4. The molecule has 5 N–H and O–H groups in total. The van der Waals surface area contributed by atoms with Gasteiger partial charge in [-0.05, 0) is 22.1 Å². The van der Waals surface area contributed by atoms with Gasteiger partial charge < -0.3 is 21.1 Å². The number of carbonyl (C=O) groups excluding carboxylic acids is 1. The SMILES string of the molecule is CCCC(O)CCO.CO.NC(=O)P.[Y]. The summed E-state index contributed by atoms with van der Waals surface area (Å²) < 4.78 is 0. The van der Waals surface area contributed by atoms with Crippen molar-refractivity contribution in [2.24, 2.45) is 5.73 Å². The summed E-state index contributed by atoms with van der Waals surface area (Å²) in [6.07, 6.45) is 2.03. The van der Waals surface area contributed by atoms with Gasteiger partial charge in [-0.15, -0.1) is 0 Å². The Morgan fingerprint density at radius 1 is 1.40 bits per heavy atom. The predicted octanol–water partition coefficient (Wildman–Crippen LogP) is 0.0760. The molecule has 0 spiro atoms. The monoisotopic (exact) mass is 316 g/mol. The maximum absolute atomic E-state index is 9.19. The van der Waals surface area contributed by atoms with Crippen molar-refractivity contribution in [1.82, 2.24) is 0 Å². The minimum absolute atomic E-state index is 0. The quantitative estimate of drug-likeness (QED) is 0.551. The molecule has 0 aliphatic rings. The Kier molecular flexibility index (Phi) is 40.2. The van der Waals surface area contributed by atoms with Gasteiger partial charge >= 0.3 is 0 Å². The van der Waals surface area contributed by atoms with Crippen molar-refractivity contribution in [2.45, 2.75) is 32.3 Å². The molecule has 0 aromatic heterocycles. The fourth-order valence-corrected chi connectivity index (χ4v) is 0.627. The molecule has 0 rings (SSSR count). The van der Waals surface area contributed by atoms with Gasteiger partial charge in [0.2, 0.25) is 5.65 Å². The molecule has 0 aliphatic carbocycles. The average Bonchev–Trinajstić information content (AvgIpc) is 2.08. The number of amides is 1. The summed E-state index contributed by atoms with van der Waals surface area (Å²) in [6.45, 7) is 2.11. The van der Waals surface area contributed by atoms with Crippen LogP contribution in [0.2, 0.25) is 0 Å². The first-order valence-electron chi connectivity index (χ1n) is 4.33. The fraction of sp³-hybridized carbons (Fsp3) is 0.875. The van der Waals surface area contributed by atoms with E-state index in [-0.39, 0.29) is 45.4 Å². The zero-order valence-corrected chi connectivity index (χ0v) is 13.4. The fourth-order valence-electron chi connectivity index (χ4n) is 0.627. The van der Waals surface area contributed by atoms with Crippen LogP contribution in [-0.4, -0.2) is 40.8 Å². The molecule has 0 heterocycles. The molecule has 5 nitrogen and oxygen atoms in total. The van der Waals surface area contributed by atoms with E-state index in [2.05, 4.69) is 5.73 Å². The molecule has 0 bridgehead atoms. The maximum atomic E-state index is 9.19. The van der Waals surface area contributed by atoms with Crippen molar-refractivity contribution in [3.05, 3.63) is 0 Å². The summed E-state index contributed by atoms with van der Waals surface area (Å²) in [5.41, 5.74) is 4.02. The first-order valence-corrected chi connectivity index (χ1v) is 4.90. The third kappa shape index (κ3) is 52.1. The molecule has 7 heteroatoms. The summed E-state index contributed by atoms with van der Waals surface area (Å²) in [4.78, 5) is 9.19. The Morgan fingerprint density at radius 2 is 1.73 bits per heavy atom. The summed E-state index contributed by atoms with van der Waals surface area (Å²) in [6, 6.07) is 0. The molecule has 1 radical (unpaired) electrons. The molecule has 91 valence electrons. The first kappa shape index (κ1) is 24.9. The van der Waals surface area contributed by atoms with Crippen molar-refractivity contribution in [3.63, 3.8) is 0 Å². The number of nitrogens with two attached hydrogens (primary N) is 1. The number of aliphatic hydroxyl groups excluding tert-OH is 3. The molecule has 0 aromatic rings. The second kappa shape index (κ2) is 24.2. The molecule has 0 saturated carbocycles. The van der Waals surface area contributed by atoms with Gasteiger partial charge in [-0.3, -0.25) is 4.79 Å². The van der Waals surface area contributed by atoms with E-state index in [9.17, 15) is 4.79 Å². The summed E-state index contributed by atoms with van der Waals surface area (Å²) in [5.74, 6) is 0. The van der Waals surface area contributed by atoms with Crippen LogP contribution in [0.5, 0.6) is 0 Å². The van der Waals surface area contributed by atoms with Gasteiger partial charge in [-0.25, -0.2) is 0 Å². The van der Waals surface area contributed by atoms with Crippen molar-refractivity contribution in [3.8, 4) is 0 Å². The zero-order valence-electron chi connectivity index (χ0n) is 9.39. The Bertz CT molecular complexity index is 109. The third-order valence-electron chi connectivity index (χ3n) is 1.08. The molecule has 0 saturated heterocycles. The molecule has 2 unspecified atom stereocenters.